The highest BCUT2D eigenvalue weighted by Crippen LogP contribution is 2.50. The normalized spacial score (nSPS) is 19.0. The van der Waals surface area contributed by atoms with Crippen LogP contribution in [-0.4, -0.2) is 25.0 Å². The van der Waals surface area contributed by atoms with Gasteiger partial charge in [-0.05, 0) is 30.5 Å². The Morgan fingerprint density at radius 2 is 1.92 bits per heavy atom. The van der Waals surface area contributed by atoms with Crippen LogP contribution in [0.4, 0.5) is 5.69 Å². The fourth-order valence-electron chi connectivity index (χ4n) is 3.81. The summed E-state index contributed by atoms with van der Waals surface area (Å²) in [6.07, 6.45) is 5.88. The van der Waals surface area contributed by atoms with Crippen molar-refractivity contribution in [3.63, 3.8) is 0 Å². The molecule has 1 N–H and O–H groups in total. The first-order valence-corrected chi connectivity index (χ1v) is 8.42. The third-order valence-corrected chi connectivity index (χ3v) is 4.93. The Morgan fingerprint density at radius 1 is 1.12 bits per heavy atom. The number of hydrogen-bond donors (Lipinski definition) is 1. The number of ketones is 1. The minimum absolute atomic E-state index is 0.150. The Hall–Kier alpha value is -2.82. The number of ether oxygens (including phenoxy) is 2. The van der Waals surface area contributed by atoms with E-state index < -0.39 is 0 Å². The molecule has 5 heteroatoms. The summed E-state index contributed by atoms with van der Waals surface area (Å²) in [4.78, 5) is 16.9. The number of Topliss-reactive ketones (excluding diaryl/α,β-unsaturated/α-hetero) is 1. The van der Waals surface area contributed by atoms with Crippen LogP contribution in [0, 0.1) is 0 Å². The van der Waals surface area contributed by atoms with E-state index in [1.54, 1.807) is 26.6 Å². The van der Waals surface area contributed by atoms with Crippen molar-refractivity contribution in [2.45, 2.75) is 25.2 Å². The maximum absolute atomic E-state index is 12.8. The molecule has 0 fully saturated rings. The van der Waals surface area contributed by atoms with Crippen LogP contribution in [0.1, 0.15) is 36.3 Å². The highest BCUT2D eigenvalue weighted by atomic mass is 16.5. The van der Waals surface area contributed by atoms with E-state index in [1.165, 1.54) is 0 Å². The second kappa shape index (κ2) is 6.24. The van der Waals surface area contributed by atoms with E-state index in [0.717, 1.165) is 46.7 Å². The van der Waals surface area contributed by atoms with Gasteiger partial charge in [0.05, 0.1) is 14.2 Å². The molecule has 0 saturated heterocycles. The molecule has 25 heavy (non-hydrogen) atoms. The van der Waals surface area contributed by atoms with E-state index in [1.807, 2.05) is 24.3 Å². The number of methoxy groups -OCH3 is 2. The van der Waals surface area contributed by atoms with E-state index in [9.17, 15) is 4.79 Å². The van der Waals surface area contributed by atoms with Crippen molar-refractivity contribution in [2.24, 2.45) is 0 Å². The van der Waals surface area contributed by atoms with Gasteiger partial charge in [0.25, 0.3) is 0 Å². The Morgan fingerprint density at radius 3 is 2.64 bits per heavy atom. The Kier molecular flexibility index (Phi) is 3.92. The topological polar surface area (TPSA) is 60.5 Å². The number of nitrogens with zero attached hydrogens (tertiary/aromatic N) is 1. The molecular formula is C20H20N2O3. The van der Waals surface area contributed by atoms with Crippen molar-refractivity contribution in [2.75, 3.05) is 19.5 Å². The van der Waals surface area contributed by atoms with E-state index >= 15 is 0 Å². The first-order valence-electron chi connectivity index (χ1n) is 8.42. The van der Waals surface area contributed by atoms with Crippen LogP contribution in [0.2, 0.25) is 0 Å². The lowest BCUT2D eigenvalue weighted by molar-refractivity contribution is -0.116. The summed E-state index contributed by atoms with van der Waals surface area (Å²) in [7, 11) is 3.28. The summed E-state index contributed by atoms with van der Waals surface area (Å²) in [6, 6.07) is 7.77. The molecule has 2 heterocycles. The zero-order chi connectivity index (χ0) is 17.4. The molecule has 0 spiro atoms. The van der Waals surface area contributed by atoms with Crippen LogP contribution in [0.15, 0.2) is 47.9 Å². The standard InChI is InChI=1S/C20H20N2O3/c1-24-13-10-15-20(17(11-13)25-2)18(12-6-8-21-9-7-12)19-14(22-15)4-3-5-16(19)23/h6-11,18,22H,3-5H2,1-2H3/t18-/m0/s1. The van der Waals surface area contributed by atoms with Gasteiger partial charge in [-0.2, -0.15) is 0 Å². The zero-order valence-electron chi connectivity index (χ0n) is 14.3. The summed E-state index contributed by atoms with van der Waals surface area (Å²) >= 11 is 0. The van der Waals surface area contributed by atoms with E-state index in [0.29, 0.717) is 12.2 Å². The largest absolute Gasteiger partial charge is 0.497 e. The predicted octanol–water partition coefficient (Wildman–Crippen LogP) is 3.66. The van der Waals surface area contributed by atoms with Crippen molar-refractivity contribution in [1.29, 1.82) is 0 Å². The summed E-state index contributed by atoms with van der Waals surface area (Å²) in [5.41, 5.74) is 4.83. The highest BCUT2D eigenvalue weighted by Gasteiger charge is 2.37. The second-order valence-electron chi connectivity index (χ2n) is 6.30. The quantitative estimate of drug-likeness (QED) is 0.927. The molecule has 5 nitrogen and oxygen atoms in total. The maximum Gasteiger partial charge on any atom is 0.161 e. The van der Waals surface area contributed by atoms with Crippen LogP contribution < -0.4 is 14.8 Å². The van der Waals surface area contributed by atoms with Crippen LogP contribution in [0.25, 0.3) is 0 Å². The van der Waals surface area contributed by atoms with Crippen molar-refractivity contribution in [3.05, 3.63) is 59.1 Å². The molecule has 2 aromatic rings. The van der Waals surface area contributed by atoms with Crippen molar-refractivity contribution < 1.29 is 14.3 Å². The molecule has 128 valence electrons. The van der Waals surface area contributed by atoms with Gasteiger partial charge in [-0.25, -0.2) is 0 Å². The number of fused-ring (bicyclic) bond motifs is 1. The molecule has 4 rings (SSSR count). The molecule has 1 aromatic heterocycles. The molecule has 0 bridgehead atoms. The Labute approximate surface area is 146 Å². The fraction of sp³-hybridized carbons (Fsp3) is 0.300. The first-order chi connectivity index (χ1) is 12.2. The maximum atomic E-state index is 12.8. The van der Waals surface area contributed by atoms with Crippen LogP contribution in [-0.2, 0) is 4.79 Å². The number of allylic oxidation sites excluding steroid dienone is 2. The molecule has 0 saturated carbocycles. The molecule has 1 aromatic carbocycles. The number of benzene rings is 1. The average Bonchev–Trinajstić information content (AvgIpc) is 2.66. The number of pyridine rings is 1. The van der Waals surface area contributed by atoms with E-state index in [4.69, 9.17) is 9.47 Å². The molecule has 0 radical (unpaired) electrons. The van der Waals surface area contributed by atoms with Gasteiger partial charge in [-0.1, -0.05) is 0 Å². The van der Waals surface area contributed by atoms with Crippen molar-refractivity contribution in [1.82, 2.24) is 4.98 Å². The third kappa shape index (κ3) is 2.56. The van der Waals surface area contributed by atoms with Gasteiger partial charge in [0, 0.05) is 59.4 Å². The second-order valence-corrected chi connectivity index (χ2v) is 6.30. The number of rotatable bonds is 3. The Balaban J connectivity index is 1.98. The van der Waals surface area contributed by atoms with Crippen LogP contribution >= 0.6 is 0 Å². The summed E-state index contributed by atoms with van der Waals surface area (Å²) in [5.74, 6) is 1.50. The van der Waals surface area contributed by atoms with Crippen molar-refractivity contribution >= 4 is 11.5 Å². The van der Waals surface area contributed by atoms with Crippen LogP contribution in [0.3, 0.4) is 0 Å². The van der Waals surface area contributed by atoms with Gasteiger partial charge in [0.1, 0.15) is 11.5 Å². The zero-order valence-corrected chi connectivity index (χ0v) is 14.3. The fourth-order valence-corrected chi connectivity index (χ4v) is 3.81. The Bertz CT molecular complexity index is 859. The van der Waals surface area contributed by atoms with Gasteiger partial charge < -0.3 is 14.8 Å². The number of anilines is 1. The lowest BCUT2D eigenvalue weighted by Crippen LogP contribution is -2.27. The van der Waals surface area contributed by atoms with Gasteiger partial charge in [0.15, 0.2) is 5.78 Å². The third-order valence-electron chi connectivity index (χ3n) is 4.93. The summed E-state index contributed by atoms with van der Waals surface area (Å²) < 4.78 is 11.1. The highest BCUT2D eigenvalue weighted by molar-refractivity contribution is 6.01. The van der Waals surface area contributed by atoms with Crippen molar-refractivity contribution in [3.8, 4) is 11.5 Å². The first kappa shape index (κ1) is 15.7. The number of carbonyl (C=O) groups excluding carboxylic acids is 1. The summed E-state index contributed by atoms with van der Waals surface area (Å²) in [6.45, 7) is 0. The molecular weight excluding hydrogens is 316 g/mol. The SMILES string of the molecule is COc1cc2c(c(OC)c1)[C@@H](c1ccncc1)C1=C(CCCC1=O)N2. The van der Waals surface area contributed by atoms with Gasteiger partial charge in [-0.15, -0.1) is 0 Å². The van der Waals surface area contributed by atoms with Gasteiger partial charge in [0.2, 0.25) is 0 Å². The number of hydrogen-bond acceptors (Lipinski definition) is 5. The number of nitrogens with one attached hydrogen (secondary N) is 1. The van der Waals surface area contributed by atoms with Gasteiger partial charge in [-0.3, -0.25) is 9.78 Å². The monoisotopic (exact) mass is 336 g/mol. The minimum atomic E-state index is -0.150. The summed E-state index contributed by atoms with van der Waals surface area (Å²) in [5, 5.41) is 3.46. The lowest BCUT2D eigenvalue weighted by atomic mass is 9.75. The van der Waals surface area contributed by atoms with Crippen LogP contribution in [0.5, 0.6) is 11.5 Å². The van der Waals surface area contributed by atoms with E-state index in [2.05, 4.69) is 10.3 Å². The number of aromatic nitrogens is 1. The molecule has 1 atom stereocenters. The predicted molar refractivity (Wildman–Crippen MR) is 95.1 cm³/mol. The molecule has 1 aliphatic carbocycles. The molecule has 1 aliphatic heterocycles. The molecule has 2 aliphatic rings. The van der Waals surface area contributed by atoms with E-state index in [-0.39, 0.29) is 11.7 Å². The molecule has 0 unspecified atom stereocenters. The van der Waals surface area contributed by atoms with Gasteiger partial charge >= 0.3 is 0 Å². The average molecular weight is 336 g/mol. The number of carbonyl (C=O) groups is 1. The minimum Gasteiger partial charge on any atom is -0.497 e. The molecule has 0 amide bonds. The lowest BCUT2D eigenvalue weighted by Gasteiger charge is -2.35. The smallest absolute Gasteiger partial charge is 0.161 e.